The number of nitrogens with one attached hydrogen (secondary N) is 1. The summed E-state index contributed by atoms with van der Waals surface area (Å²) in [7, 11) is 0. The first-order valence-electron chi connectivity index (χ1n) is 7.54. The zero-order chi connectivity index (χ0) is 15.2. The fraction of sp³-hybridized carbons (Fsp3) is 0.600. The predicted octanol–water partition coefficient (Wildman–Crippen LogP) is 3.09. The van der Waals surface area contributed by atoms with Crippen molar-refractivity contribution < 1.29 is 9.31 Å². The molecule has 1 heterocycles. The zero-order valence-electron chi connectivity index (χ0n) is 12.3. The van der Waals surface area contributed by atoms with Crippen LogP contribution in [0.25, 0.3) is 0 Å². The Bertz CT molecular complexity index is 490. The summed E-state index contributed by atoms with van der Waals surface area (Å²) < 4.78 is 13.5. The summed E-state index contributed by atoms with van der Waals surface area (Å²) in [5, 5.41) is 14.6. The molecule has 0 bridgehead atoms. The number of nitrogens with zero attached hydrogens (tertiary/aromatic N) is 2. The molecule has 0 radical (unpaired) electrons. The molecule has 2 rings (SSSR count). The molecule has 0 amide bonds. The fourth-order valence-electron chi connectivity index (χ4n) is 2.74. The lowest BCUT2D eigenvalue weighted by atomic mass is 10.1. The van der Waals surface area contributed by atoms with Crippen molar-refractivity contribution in [3.05, 3.63) is 34.1 Å². The van der Waals surface area contributed by atoms with Crippen molar-refractivity contribution in [1.29, 1.82) is 0 Å². The van der Waals surface area contributed by atoms with Gasteiger partial charge in [-0.25, -0.2) is 4.39 Å². The first-order valence-corrected chi connectivity index (χ1v) is 7.54. The second-order valence-electron chi connectivity index (χ2n) is 5.48. The smallest absolute Gasteiger partial charge is 0.292 e. The molecule has 116 valence electrons. The summed E-state index contributed by atoms with van der Waals surface area (Å²) in [6.07, 6.45) is 4.11. The van der Waals surface area contributed by atoms with E-state index in [4.69, 9.17) is 0 Å². The number of rotatable bonds is 7. The van der Waals surface area contributed by atoms with Gasteiger partial charge < -0.3 is 10.2 Å². The summed E-state index contributed by atoms with van der Waals surface area (Å²) in [5.41, 5.74) is 0.368. The van der Waals surface area contributed by atoms with Crippen molar-refractivity contribution in [3.8, 4) is 0 Å². The molecule has 5 nitrogen and oxygen atoms in total. The summed E-state index contributed by atoms with van der Waals surface area (Å²) >= 11 is 0. The SMILES string of the molecule is CCCCN(CC1CCCN1)c1cc(F)ccc1[N+](=O)[O-]. The molecule has 21 heavy (non-hydrogen) atoms. The fourth-order valence-corrected chi connectivity index (χ4v) is 2.74. The highest BCUT2D eigenvalue weighted by Crippen LogP contribution is 2.30. The summed E-state index contributed by atoms with van der Waals surface area (Å²) in [5.74, 6) is -0.434. The van der Waals surface area contributed by atoms with Gasteiger partial charge in [0.25, 0.3) is 5.69 Å². The maximum atomic E-state index is 13.5. The Kier molecular flexibility index (Phi) is 5.50. The van der Waals surface area contributed by atoms with Crippen LogP contribution in [0.2, 0.25) is 0 Å². The van der Waals surface area contributed by atoms with Crippen LogP contribution < -0.4 is 10.2 Å². The minimum absolute atomic E-state index is 0.0227. The third kappa shape index (κ3) is 4.14. The van der Waals surface area contributed by atoms with Crippen LogP contribution in [-0.4, -0.2) is 30.6 Å². The molecule has 1 aliphatic rings. The molecule has 1 aromatic carbocycles. The molecular formula is C15H22FN3O2. The van der Waals surface area contributed by atoms with E-state index < -0.39 is 10.7 Å². The third-order valence-corrected chi connectivity index (χ3v) is 3.86. The standard InChI is InChI=1S/C15H22FN3O2/c1-2-3-9-18(11-13-5-4-8-17-13)15-10-12(16)6-7-14(15)19(20)21/h6-7,10,13,17H,2-5,8-9,11H2,1H3. The molecule has 0 saturated carbocycles. The van der Waals surface area contributed by atoms with E-state index in [0.29, 0.717) is 24.8 Å². The zero-order valence-corrected chi connectivity index (χ0v) is 12.3. The number of anilines is 1. The maximum absolute atomic E-state index is 13.5. The molecule has 1 fully saturated rings. The molecule has 0 aliphatic carbocycles. The number of halogens is 1. The van der Waals surface area contributed by atoms with Crippen LogP contribution in [0.3, 0.4) is 0 Å². The van der Waals surface area contributed by atoms with Gasteiger partial charge >= 0.3 is 0 Å². The highest BCUT2D eigenvalue weighted by atomic mass is 19.1. The van der Waals surface area contributed by atoms with Crippen molar-refractivity contribution in [2.24, 2.45) is 0 Å². The predicted molar refractivity (Wildman–Crippen MR) is 81.2 cm³/mol. The molecule has 0 aromatic heterocycles. The first-order chi connectivity index (χ1) is 10.1. The van der Waals surface area contributed by atoms with Crippen molar-refractivity contribution in [2.45, 2.75) is 38.6 Å². The van der Waals surface area contributed by atoms with Gasteiger partial charge in [0.2, 0.25) is 0 Å². The third-order valence-electron chi connectivity index (χ3n) is 3.86. The topological polar surface area (TPSA) is 58.4 Å². The van der Waals surface area contributed by atoms with Crippen LogP contribution in [0.4, 0.5) is 15.8 Å². The van der Waals surface area contributed by atoms with Gasteiger partial charge in [-0.2, -0.15) is 0 Å². The number of hydrogen-bond acceptors (Lipinski definition) is 4. The van der Waals surface area contributed by atoms with Crippen LogP contribution in [-0.2, 0) is 0 Å². The highest BCUT2D eigenvalue weighted by molar-refractivity contribution is 5.63. The van der Waals surface area contributed by atoms with Gasteiger partial charge in [-0.3, -0.25) is 10.1 Å². The van der Waals surface area contributed by atoms with Gasteiger partial charge in [-0.15, -0.1) is 0 Å². The van der Waals surface area contributed by atoms with E-state index in [9.17, 15) is 14.5 Å². The lowest BCUT2D eigenvalue weighted by Crippen LogP contribution is -2.38. The normalized spacial score (nSPS) is 17.9. The molecule has 1 aromatic rings. The Labute approximate surface area is 124 Å². The van der Waals surface area contributed by atoms with Gasteiger partial charge in [0, 0.05) is 31.3 Å². The lowest BCUT2D eigenvalue weighted by Gasteiger charge is -2.27. The van der Waals surface area contributed by atoms with E-state index in [0.717, 1.165) is 38.3 Å². The Morgan fingerprint density at radius 1 is 1.52 bits per heavy atom. The van der Waals surface area contributed by atoms with Gasteiger partial charge in [0.15, 0.2) is 0 Å². The molecule has 6 heteroatoms. The van der Waals surface area contributed by atoms with Gasteiger partial charge in [-0.05, 0) is 31.9 Å². The number of hydrogen-bond donors (Lipinski definition) is 1. The summed E-state index contributed by atoms with van der Waals surface area (Å²) in [4.78, 5) is 12.7. The molecule has 0 spiro atoms. The van der Waals surface area contributed by atoms with Crippen LogP contribution in [0.1, 0.15) is 32.6 Å². The van der Waals surface area contributed by atoms with E-state index in [2.05, 4.69) is 12.2 Å². The van der Waals surface area contributed by atoms with Crippen LogP contribution in [0.5, 0.6) is 0 Å². The monoisotopic (exact) mass is 295 g/mol. The van der Waals surface area contributed by atoms with Crippen molar-refractivity contribution in [3.63, 3.8) is 0 Å². The second-order valence-corrected chi connectivity index (χ2v) is 5.48. The van der Waals surface area contributed by atoms with Gasteiger partial charge in [-0.1, -0.05) is 13.3 Å². The molecular weight excluding hydrogens is 273 g/mol. The Morgan fingerprint density at radius 3 is 2.95 bits per heavy atom. The maximum Gasteiger partial charge on any atom is 0.292 e. The van der Waals surface area contributed by atoms with E-state index in [-0.39, 0.29) is 5.69 Å². The molecule has 1 atom stereocenters. The van der Waals surface area contributed by atoms with Crippen LogP contribution in [0, 0.1) is 15.9 Å². The number of nitro groups is 1. The Morgan fingerprint density at radius 2 is 2.33 bits per heavy atom. The van der Waals surface area contributed by atoms with Crippen molar-refractivity contribution >= 4 is 11.4 Å². The Balaban J connectivity index is 2.25. The van der Waals surface area contributed by atoms with E-state index in [1.807, 2.05) is 4.90 Å². The first kappa shape index (κ1) is 15.7. The number of benzene rings is 1. The molecule has 1 aliphatic heterocycles. The highest BCUT2D eigenvalue weighted by Gasteiger charge is 2.24. The van der Waals surface area contributed by atoms with Gasteiger partial charge in [0.1, 0.15) is 11.5 Å². The quantitative estimate of drug-likeness (QED) is 0.620. The lowest BCUT2D eigenvalue weighted by molar-refractivity contribution is -0.384. The average Bonchev–Trinajstić information content (AvgIpc) is 2.96. The minimum atomic E-state index is -0.435. The van der Waals surface area contributed by atoms with Crippen LogP contribution >= 0.6 is 0 Å². The van der Waals surface area contributed by atoms with E-state index in [1.165, 1.54) is 12.1 Å². The molecule has 1 N–H and O–H groups in total. The Hall–Kier alpha value is -1.69. The largest absolute Gasteiger partial charge is 0.364 e. The van der Waals surface area contributed by atoms with E-state index in [1.54, 1.807) is 0 Å². The molecule has 1 unspecified atom stereocenters. The number of unbranched alkanes of at least 4 members (excludes halogenated alkanes) is 1. The second kappa shape index (κ2) is 7.36. The minimum Gasteiger partial charge on any atom is -0.364 e. The molecule has 1 saturated heterocycles. The van der Waals surface area contributed by atoms with Crippen molar-refractivity contribution in [1.82, 2.24) is 5.32 Å². The van der Waals surface area contributed by atoms with Gasteiger partial charge in [0.05, 0.1) is 4.92 Å². The number of nitro benzene ring substituents is 1. The summed E-state index contributed by atoms with van der Waals surface area (Å²) in [6, 6.07) is 4.01. The summed E-state index contributed by atoms with van der Waals surface area (Å²) in [6.45, 7) is 4.45. The average molecular weight is 295 g/mol. The van der Waals surface area contributed by atoms with Crippen molar-refractivity contribution in [2.75, 3.05) is 24.5 Å². The van der Waals surface area contributed by atoms with Crippen LogP contribution in [0.15, 0.2) is 18.2 Å². The van der Waals surface area contributed by atoms with E-state index >= 15 is 0 Å².